The molecule has 0 spiro atoms. The van der Waals surface area contributed by atoms with E-state index in [1.165, 1.54) is 22.3 Å². The summed E-state index contributed by atoms with van der Waals surface area (Å²) in [6.07, 6.45) is 3.13. The summed E-state index contributed by atoms with van der Waals surface area (Å²) in [5.74, 6) is 0. The lowest BCUT2D eigenvalue weighted by Crippen LogP contribution is -2.17. The monoisotopic (exact) mass is 345 g/mol. The van der Waals surface area contributed by atoms with Crippen LogP contribution in [0.5, 0.6) is 0 Å². The normalized spacial score (nSPS) is 12.4. The fourth-order valence-electron chi connectivity index (χ4n) is 2.91. The molecular weight excluding hydrogens is 322 g/mol. The lowest BCUT2D eigenvalue weighted by Gasteiger charge is -2.22. The van der Waals surface area contributed by atoms with Crippen LogP contribution in [0, 0.1) is 0 Å². The van der Waals surface area contributed by atoms with E-state index in [0.29, 0.717) is 0 Å². The van der Waals surface area contributed by atoms with Crippen LogP contribution in [-0.2, 0) is 19.3 Å². The molecule has 0 aliphatic rings. The van der Waals surface area contributed by atoms with E-state index in [2.05, 4.69) is 67.0 Å². The average molecular weight is 346 g/mol. The second-order valence-corrected chi connectivity index (χ2v) is 6.34. The molecule has 1 atom stereocenters. The highest BCUT2D eigenvalue weighted by Gasteiger charge is 2.17. The Morgan fingerprint density at radius 3 is 2.05 bits per heavy atom. The molecule has 0 saturated heterocycles. The number of hydrogen-bond donors (Lipinski definition) is 1. The third kappa shape index (κ3) is 3.56. The van der Waals surface area contributed by atoms with Crippen molar-refractivity contribution in [2.75, 3.05) is 0 Å². The Balaban J connectivity index is 2.55. The summed E-state index contributed by atoms with van der Waals surface area (Å²) in [5, 5.41) is 0. The maximum Gasteiger partial charge on any atom is 0.0557 e. The summed E-state index contributed by atoms with van der Waals surface area (Å²) in [7, 11) is 0. The van der Waals surface area contributed by atoms with Gasteiger partial charge in [-0.25, -0.2) is 0 Å². The first-order valence-electron chi connectivity index (χ1n) is 7.76. The highest BCUT2D eigenvalue weighted by atomic mass is 79.9. The summed E-state index contributed by atoms with van der Waals surface area (Å²) < 4.78 is 1.08. The summed E-state index contributed by atoms with van der Waals surface area (Å²) in [4.78, 5) is 0. The first-order valence-corrected chi connectivity index (χ1v) is 8.55. The van der Waals surface area contributed by atoms with Gasteiger partial charge in [-0.15, -0.1) is 0 Å². The van der Waals surface area contributed by atoms with E-state index < -0.39 is 0 Å². The first kappa shape index (κ1) is 16.3. The molecule has 0 heterocycles. The van der Waals surface area contributed by atoms with E-state index in [1.54, 1.807) is 0 Å². The van der Waals surface area contributed by atoms with Crippen molar-refractivity contribution in [2.24, 2.45) is 5.73 Å². The van der Waals surface area contributed by atoms with Gasteiger partial charge in [0.15, 0.2) is 0 Å². The Morgan fingerprint density at radius 1 is 0.952 bits per heavy atom. The Bertz CT molecular complexity index is 594. The summed E-state index contributed by atoms with van der Waals surface area (Å²) >= 11 is 3.54. The number of aryl methyl sites for hydroxylation is 3. The molecule has 21 heavy (non-hydrogen) atoms. The molecule has 0 saturated carbocycles. The SMILES string of the molecule is CCc1cc(CC)c(C(N)c2cccc(Br)c2)c(CC)c1. The highest BCUT2D eigenvalue weighted by Crippen LogP contribution is 2.30. The van der Waals surface area contributed by atoms with Gasteiger partial charge in [0.05, 0.1) is 6.04 Å². The lowest BCUT2D eigenvalue weighted by molar-refractivity contribution is 0.823. The molecule has 0 aromatic heterocycles. The number of rotatable bonds is 5. The van der Waals surface area contributed by atoms with Crippen LogP contribution in [0.2, 0.25) is 0 Å². The summed E-state index contributed by atoms with van der Waals surface area (Å²) in [6, 6.07) is 12.9. The summed E-state index contributed by atoms with van der Waals surface area (Å²) in [5.41, 5.74) is 13.3. The van der Waals surface area contributed by atoms with Gasteiger partial charge in [-0.1, -0.05) is 61.0 Å². The van der Waals surface area contributed by atoms with E-state index in [9.17, 15) is 0 Å². The fourth-order valence-corrected chi connectivity index (χ4v) is 3.32. The predicted octanol–water partition coefficient (Wildman–Crippen LogP) is 5.18. The number of halogens is 1. The molecule has 0 fully saturated rings. The molecular formula is C19H24BrN. The maximum atomic E-state index is 6.61. The Kier molecular flexibility index (Phi) is 5.60. The third-order valence-electron chi connectivity index (χ3n) is 4.10. The minimum absolute atomic E-state index is 0.0571. The molecule has 112 valence electrons. The van der Waals surface area contributed by atoms with Gasteiger partial charge in [0, 0.05) is 4.47 Å². The molecule has 0 bridgehead atoms. The van der Waals surface area contributed by atoms with Crippen molar-refractivity contribution < 1.29 is 0 Å². The fraction of sp³-hybridized carbons (Fsp3) is 0.368. The van der Waals surface area contributed by atoms with Crippen molar-refractivity contribution in [1.29, 1.82) is 0 Å². The van der Waals surface area contributed by atoms with Gasteiger partial charge in [-0.3, -0.25) is 0 Å². The van der Waals surface area contributed by atoms with Gasteiger partial charge in [0.2, 0.25) is 0 Å². The Hall–Kier alpha value is -1.12. The second-order valence-electron chi connectivity index (χ2n) is 5.42. The van der Waals surface area contributed by atoms with Crippen LogP contribution in [0.25, 0.3) is 0 Å². The molecule has 0 aliphatic carbocycles. The van der Waals surface area contributed by atoms with Crippen LogP contribution in [-0.4, -0.2) is 0 Å². The van der Waals surface area contributed by atoms with Crippen molar-refractivity contribution in [2.45, 2.75) is 46.1 Å². The minimum Gasteiger partial charge on any atom is -0.320 e. The van der Waals surface area contributed by atoms with Crippen molar-refractivity contribution in [3.05, 3.63) is 68.7 Å². The molecule has 2 aromatic carbocycles. The molecule has 0 amide bonds. The van der Waals surface area contributed by atoms with E-state index in [4.69, 9.17) is 5.73 Å². The molecule has 1 unspecified atom stereocenters. The molecule has 2 aromatic rings. The first-order chi connectivity index (χ1) is 10.1. The number of hydrogen-bond acceptors (Lipinski definition) is 1. The van der Waals surface area contributed by atoms with Gasteiger partial charge >= 0.3 is 0 Å². The topological polar surface area (TPSA) is 26.0 Å². The lowest BCUT2D eigenvalue weighted by atomic mass is 9.87. The number of nitrogens with two attached hydrogens (primary N) is 1. The largest absolute Gasteiger partial charge is 0.320 e. The van der Waals surface area contributed by atoms with Gasteiger partial charge in [-0.2, -0.15) is 0 Å². The van der Waals surface area contributed by atoms with Crippen LogP contribution in [0.3, 0.4) is 0 Å². The van der Waals surface area contributed by atoms with E-state index in [1.807, 2.05) is 6.07 Å². The van der Waals surface area contributed by atoms with Crippen LogP contribution in [0.4, 0.5) is 0 Å². The van der Waals surface area contributed by atoms with Crippen LogP contribution in [0.1, 0.15) is 54.6 Å². The summed E-state index contributed by atoms with van der Waals surface area (Å²) in [6.45, 7) is 6.64. The molecule has 0 radical (unpaired) electrons. The molecule has 0 aliphatic heterocycles. The molecule has 2 heteroatoms. The predicted molar refractivity (Wildman–Crippen MR) is 94.7 cm³/mol. The molecule has 2 rings (SSSR count). The van der Waals surface area contributed by atoms with E-state index in [0.717, 1.165) is 29.3 Å². The highest BCUT2D eigenvalue weighted by molar-refractivity contribution is 9.10. The van der Waals surface area contributed by atoms with Crippen LogP contribution < -0.4 is 5.73 Å². The van der Waals surface area contributed by atoms with Gasteiger partial charge in [-0.05, 0) is 59.2 Å². The minimum atomic E-state index is -0.0571. The van der Waals surface area contributed by atoms with E-state index >= 15 is 0 Å². The standard InChI is InChI=1S/C19H24BrN/c1-4-13-10-14(5-2)18(15(6-3)11-13)19(21)16-8-7-9-17(20)12-16/h7-12,19H,4-6,21H2,1-3H3. The van der Waals surface area contributed by atoms with Crippen LogP contribution >= 0.6 is 15.9 Å². The number of benzene rings is 2. The Labute approximate surface area is 136 Å². The maximum absolute atomic E-state index is 6.61. The molecule has 1 nitrogen and oxygen atoms in total. The quantitative estimate of drug-likeness (QED) is 0.793. The van der Waals surface area contributed by atoms with Gasteiger partial charge in [0.1, 0.15) is 0 Å². The van der Waals surface area contributed by atoms with Crippen molar-refractivity contribution >= 4 is 15.9 Å². The second kappa shape index (κ2) is 7.24. The zero-order chi connectivity index (χ0) is 15.4. The third-order valence-corrected chi connectivity index (χ3v) is 4.59. The van der Waals surface area contributed by atoms with Crippen molar-refractivity contribution in [3.63, 3.8) is 0 Å². The van der Waals surface area contributed by atoms with Gasteiger partial charge in [0.25, 0.3) is 0 Å². The van der Waals surface area contributed by atoms with E-state index in [-0.39, 0.29) is 6.04 Å². The average Bonchev–Trinajstić information content (AvgIpc) is 2.52. The zero-order valence-corrected chi connectivity index (χ0v) is 14.7. The smallest absolute Gasteiger partial charge is 0.0557 e. The van der Waals surface area contributed by atoms with Crippen molar-refractivity contribution in [3.8, 4) is 0 Å². The Morgan fingerprint density at radius 2 is 1.57 bits per heavy atom. The van der Waals surface area contributed by atoms with Gasteiger partial charge < -0.3 is 5.73 Å². The zero-order valence-electron chi connectivity index (χ0n) is 13.1. The molecule has 2 N–H and O–H groups in total. The van der Waals surface area contributed by atoms with Crippen LogP contribution in [0.15, 0.2) is 40.9 Å². The van der Waals surface area contributed by atoms with Crippen molar-refractivity contribution in [1.82, 2.24) is 0 Å².